The first-order valence-corrected chi connectivity index (χ1v) is 8.32. The molecule has 0 aromatic heterocycles. The summed E-state index contributed by atoms with van der Waals surface area (Å²) in [5.74, 6) is 0.923. The maximum atomic E-state index is 5.71. The van der Waals surface area contributed by atoms with E-state index >= 15 is 0 Å². The predicted molar refractivity (Wildman–Crippen MR) is 86.9 cm³/mol. The molecule has 1 heterocycles. The van der Waals surface area contributed by atoms with Crippen LogP contribution in [0.2, 0.25) is 0 Å². The molecule has 2 atom stereocenters. The second-order valence-electron chi connectivity index (χ2n) is 5.85. The maximum absolute atomic E-state index is 5.71. The lowest BCUT2D eigenvalue weighted by atomic mass is 9.99. The third-order valence-electron chi connectivity index (χ3n) is 4.20. The molecule has 0 spiro atoms. The van der Waals surface area contributed by atoms with E-state index in [2.05, 4.69) is 36.5 Å². The first-order chi connectivity index (χ1) is 10.3. The SMILES string of the molecule is CCCNC(CCCC1CCCO1)c1ccc(OC)cc1. The fourth-order valence-electron chi connectivity index (χ4n) is 2.96. The zero-order chi connectivity index (χ0) is 14.9. The van der Waals surface area contributed by atoms with E-state index in [1.165, 1.54) is 44.1 Å². The highest BCUT2D eigenvalue weighted by molar-refractivity contribution is 5.29. The molecule has 0 bridgehead atoms. The van der Waals surface area contributed by atoms with Crippen molar-refractivity contribution in [2.45, 2.75) is 57.6 Å². The molecule has 0 radical (unpaired) electrons. The monoisotopic (exact) mass is 291 g/mol. The molecule has 1 fully saturated rings. The zero-order valence-electron chi connectivity index (χ0n) is 13.4. The van der Waals surface area contributed by atoms with Crippen LogP contribution in [0.5, 0.6) is 5.75 Å². The van der Waals surface area contributed by atoms with Gasteiger partial charge < -0.3 is 14.8 Å². The van der Waals surface area contributed by atoms with E-state index < -0.39 is 0 Å². The van der Waals surface area contributed by atoms with Gasteiger partial charge in [-0.25, -0.2) is 0 Å². The second-order valence-corrected chi connectivity index (χ2v) is 5.85. The summed E-state index contributed by atoms with van der Waals surface area (Å²) in [6, 6.07) is 8.90. The van der Waals surface area contributed by atoms with Crippen LogP contribution in [-0.4, -0.2) is 26.4 Å². The van der Waals surface area contributed by atoms with Crippen LogP contribution < -0.4 is 10.1 Å². The molecular weight excluding hydrogens is 262 g/mol. The van der Waals surface area contributed by atoms with Gasteiger partial charge in [-0.15, -0.1) is 0 Å². The standard InChI is InChI=1S/C18H29NO2/c1-3-13-19-18(8-4-6-17-7-5-14-21-17)15-9-11-16(20-2)12-10-15/h9-12,17-19H,3-8,13-14H2,1-2H3. The summed E-state index contributed by atoms with van der Waals surface area (Å²) in [6.07, 6.45) is 7.74. The Bertz CT molecular complexity index is 385. The summed E-state index contributed by atoms with van der Waals surface area (Å²) in [5, 5.41) is 3.67. The Morgan fingerprint density at radius 3 is 2.76 bits per heavy atom. The molecule has 3 heteroatoms. The highest BCUT2D eigenvalue weighted by atomic mass is 16.5. The molecule has 1 aromatic rings. The summed E-state index contributed by atoms with van der Waals surface area (Å²) in [7, 11) is 1.71. The number of nitrogens with one attached hydrogen (secondary N) is 1. The summed E-state index contributed by atoms with van der Waals surface area (Å²) in [6.45, 7) is 4.24. The van der Waals surface area contributed by atoms with Gasteiger partial charge in [0.2, 0.25) is 0 Å². The van der Waals surface area contributed by atoms with Gasteiger partial charge in [-0.05, 0) is 62.8 Å². The van der Waals surface area contributed by atoms with Gasteiger partial charge in [-0.2, -0.15) is 0 Å². The molecule has 1 aliphatic rings. The highest BCUT2D eigenvalue weighted by Crippen LogP contribution is 2.24. The lowest BCUT2D eigenvalue weighted by Crippen LogP contribution is -2.22. The lowest BCUT2D eigenvalue weighted by Gasteiger charge is -2.20. The number of hydrogen-bond acceptors (Lipinski definition) is 3. The Morgan fingerprint density at radius 1 is 1.33 bits per heavy atom. The van der Waals surface area contributed by atoms with Crippen LogP contribution in [0.4, 0.5) is 0 Å². The topological polar surface area (TPSA) is 30.5 Å². The molecule has 2 unspecified atom stereocenters. The normalized spacial score (nSPS) is 19.6. The molecule has 2 rings (SSSR count). The van der Waals surface area contributed by atoms with Crippen molar-refractivity contribution >= 4 is 0 Å². The molecule has 118 valence electrons. The number of benzene rings is 1. The lowest BCUT2D eigenvalue weighted by molar-refractivity contribution is 0.101. The molecule has 1 N–H and O–H groups in total. The Hall–Kier alpha value is -1.06. The van der Waals surface area contributed by atoms with Crippen molar-refractivity contribution in [2.75, 3.05) is 20.3 Å². The van der Waals surface area contributed by atoms with Gasteiger partial charge in [0.05, 0.1) is 13.2 Å². The van der Waals surface area contributed by atoms with Gasteiger partial charge in [-0.1, -0.05) is 19.1 Å². The van der Waals surface area contributed by atoms with Gasteiger partial charge >= 0.3 is 0 Å². The van der Waals surface area contributed by atoms with Crippen LogP contribution >= 0.6 is 0 Å². The first kappa shape index (κ1) is 16.3. The van der Waals surface area contributed by atoms with Crippen LogP contribution in [-0.2, 0) is 4.74 Å². The van der Waals surface area contributed by atoms with Gasteiger partial charge in [0.15, 0.2) is 0 Å². The van der Waals surface area contributed by atoms with Crippen molar-refractivity contribution in [2.24, 2.45) is 0 Å². The van der Waals surface area contributed by atoms with Crippen molar-refractivity contribution < 1.29 is 9.47 Å². The van der Waals surface area contributed by atoms with Crippen LogP contribution in [0.15, 0.2) is 24.3 Å². The molecule has 1 saturated heterocycles. The minimum absolute atomic E-state index is 0.442. The molecule has 1 aliphatic heterocycles. The van der Waals surface area contributed by atoms with Crippen molar-refractivity contribution in [1.29, 1.82) is 0 Å². The minimum atomic E-state index is 0.442. The molecule has 3 nitrogen and oxygen atoms in total. The van der Waals surface area contributed by atoms with Crippen molar-refractivity contribution in [3.63, 3.8) is 0 Å². The third kappa shape index (κ3) is 5.33. The van der Waals surface area contributed by atoms with E-state index in [0.717, 1.165) is 18.9 Å². The van der Waals surface area contributed by atoms with E-state index in [0.29, 0.717) is 12.1 Å². The van der Waals surface area contributed by atoms with Crippen molar-refractivity contribution in [3.8, 4) is 5.75 Å². The average molecular weight is 291 g/mol. The average Bonchev–Trinajstić information content (AvgIpc) is 3.04. The van der Waals surface area contributed by atoms with Gasteiger partial charge in [0, 0.05) is 12.6 Å². The predicted octanol–water partition coefficient (Wildman–Crippen LogP) is 4.09. The third-order valence-corrected chi connectivity index (χ3v) is 4.20. The Morgan fingerprint density at radius 2 is 2.14 bits per heavy atom. The molecular formula is C18H29NO2. The summed E-state index contributed by atoms with van der Waals surface area (Å²) < 4.78 is 11.0. The molecule has 0 aliphatic carbocycles. The van der Waals surface area contributed by atoms with Crippen LogP contribution in [0, 0.1) is 0 Å². The van der Waals surface area contributed by atoms with E-state index in [4.69, 9.17) is 9.47 Å². The highest BCUT2D eigenvalue weighted by Gasteiger charge is 2.16. The van der Waals surface area contributed by atoms with Gasteiger partial charge in [0.1, 0.15) is 5.75 Å². The van der Waals surface area contributed by atoms with Crippen molar-refractivity contribution in [1.82, 2.24) is 5.32 Å². The minimum Gasteiger partial charge on any atom is -0.497 e. The summed E-state index contributed by atoms with van der Waals surface area (Å²) in [5.41, 5.74) is 1.36. The Kier molecular flexibility index (Phi) is 7.04. The Labute approximate surface area is 129 Å². The summed E-state index contributed by atoms with van der Waals surface area (Å²) >= 11 is 0. The molecule has 0 saturated carbocycles. The zero-order valence-corrected chi connectivity index (χ0v) is 13.4. The smallest absolute Gasteiger partial charge is 0.118 e. The number of ether oxygens (including phenoxy) is 2. The van der Waals surface area contributed by atoms with Crippen LogP contribution in [0.25, 0.3) is 0 Å². The summed E-state index contributed by atoms with van der Waals surface area (Å²) in [4.78, 5) is 0. The van der Waals surface area contributed by atoms with Crippen molar-refractivity contribution in [3.05, 3.63) is 29.8 Å². The van der Waals surface area contributed by atoms with E-state index in [-0.39, 0.29) is 0 Å². The Balaban J connectivity index is 1.85. The quantitative estimate of drug-likeness (QED) is 0.743. The second kappa shape index (κ2) is 9.06. The fourth-order valence-corrected chi connectivity index (χ4v) is 2.96. The maximum Gasteiger partial charge on any atom is 0.118 e. The van der Waals surface area contributed by atoms with Crippen LogP contribution in [0.3, 0.4) is 0 Å². The number of hydrogen-bond donors (Lipinski definition) is 1. The molecule has 1 aromatic carbocycles. The van der Waals surface area contributed by atoms with E-state index in [1.54, 1.807) is 7.11 Å². The van der Waals surface area contributed by atoms with Gasteiger partial charge in [0.25, 0.3) is 0 Å². The molecule has 21 heavy (non-hydrogen) atoms. The molecule has 0 amide bonds. The number of methoxy groups -OCH3 is 1. The fraction of sp³-hybridized carbons (Fsp3) is 0.667. The van der Waals surface area contributed by atoms with E-state index in [1.807, 2.05) is 0 Å². The number of rotatable bonds is 9. The van der Waals surface area contributed by atoms with E-state index in [9.17, 15) is 0 Å². The first-order valence-electron chi connectivity index (χ1n) is 8.32. The van der Waals surface area contributed by atoms with Gasteiger partial charge in [-0.3, -0.25) is 0 Å². The largest absolute Gasteiger partial charge is 0.497 e. The van der Waals surface area contributed by atoms with Crippen LogP contribution in [0.1, 0.15) is 57.1 Å².